The molecule has 1 saturated heterocycles. The number of hydrogen-bond donors (Lipinski definition) is 1. The summed E-state index contributed by atoms with van der Waals surface area (Å²) in [7, 11) is 0. The Morgan fingerprint density at radius 1 is 1.04 bits per heavy atom. The monoisotopic (exact) mass is 372 g/mol. The van der Waals surface area contributed by atoms with Crippen molar-refractivity contribution in [3.8, 4) is 5.75 Å². The minimum atomic E-state index is 0.0206. The lowest BCUT2D eigenvalue weighted by atomic mass is 9.82. The highest BCUT2D eigenvalue weighted by atomic mass is 16.5. The smallest absolute Gasteiger partial charge is 0.223 e. The molecular formula is C22H32N2O3. The molecule has 27 heavy (non-hydrogen) atoms. The van der Waals surface area contributed by atoms with E-state index < -0.39 is 0 Å². The van der Waals surface area contributed by atoms with Gasteiger partial charge in [-0.05, 0) is 62.5 Å². The van der Waals surface area contributed by atoms with Gasteiger partial charge in [-0.2, -0.15) is 0 Å². The highest BCUT2D eigenvalue weighted by Crippen LogP contribution is 2.38. The maximum absolute atomic E-state index is 12.8. The molecule has 148 valence electrons. The molecule has 1 saturated carbocycles. The number of para-hydroxylation sites is 1. The van der Waals surface area contributed by atoms with E-state index in [1.54, 1.807) is 0 Å². The molecule has 0 radical (unpaired) electrons. The first kappa shape index (κ1) is 18.8. The Balaban J connectivity index is 1.52. The fourth-order valence-electron chi connectivity index (χ4n) is 4.88. The van der Waals surface area contributed by atoms with Gasteiger partial charge in [0, 0.05) is 19.0 Å². The van der Waals surface area contributed by atoms with Gasteiger partial charge in [-0.25, -0.2) is 0 Å². The number of carbonyl (C=O) groups excluding carboxylic acids is 1. The van der Waals surface area contributed by atoms with Gasteiger partial charge >= 0.3 is 0 Å². The highest BCUT2D eigenvalue weighted by molar-refractivity contribution is 5.76. The summed E-state index contributed by atoms with van der Waals surface area (Å²) < 4.78 is 12.4. The predicted molar refractivity (Wildman–Crippen MR) is 105 cm³/mol. The van der Waals surface area contributed by atoms with E-state index in [4.69, 9.17) is 15.2 Å². The molecule has 1 aliphatic carbocycles. The molecule has 2 bridgehead atoms. The summed E-state index contributed by atoms with van der Waals surface area (Å²) in [5.41, 5.74) is 7.68. The van der Waals surface area contributed by atoms with E-state index in [2.05, 4.69) is 18.2 Å². The number of benzene rings is 1. The van der Waals surface area contributed by atoms with Crippen molar-refractivity contribution in [2.24, 2.45) is 5.73 Å². The van der Waals surface area contributed by atoms with Crippen molar-refractivity contribution in [1.82, 2.24) is 4.90 Å². The topological polar surface area (TPSA) is 64.8 Å². The van der Waals surface area contributed by atoms with Crippen LogP contribution in [0.2, 0.25) is 0 Å². The van der Waals surface area contributed by atoms with Gasteiger partial charge in [0.2, 0.25) is 5.91 Å². The van der Waals surface area contributed by atoms with Crippen LogP contribution in [-0.2, 0) is 9.53 Å². The molecule has 0 aromatic heterocycles. The van der Waals surface area contributed by atoms with Gasteiger partial charge in [-0.15, -0.1) is 0 Å². The third-order valence-corrected chi connectivity index (χ3v) is 6.48. The van der Waals surface area contributed by atoms with Crippen LogP contribution in [0.3, 0.4) is 0 Å². The van der Waals surface area contributed by atoms with Gasteiger partial charge in [0.15, 0.2) is 0 Å². The zero-order chi connectivity index (χ0) is 18.6. The molecule has 3 aliphatic heterocycles. The van der Waals surface area contributed by atoms with E-state index in [0.29, 0.717) is 25.6 Å². The Hall–Kier alpha value is -1.59. The molecule has 5 heteroatoms. The number of hydrogen-bond acceptors (Lipinski definition) is 4. The minimum absolute atomic E-state index is 0.0206. The van der Waals surface area contributed by atoms with Crippen molar-refractivity contribution < 1.29 is 14.3 Å². The summed E-state index contributed by atoms with van der Waals surface area (Å²) in [4.78, 5) is 14.8. The van der Waals surface area contributed by atoms with E-state index in [1.165, 1.54) is 5.56 Å². The Labute approximate surface area is 162 Å². The second-order valence-corrected chi connectivity index (χ2v) is 8.26. The van der Waals surface area contributed by atoms with E-state index in [9.17, 15) is 4.79 Å². The van der Waals surface area contributed by atoms with Gasteiger partial charge < -0.3 is 20.1 Å². The third kappa shape index (κ3) is 4.30. The second kappa shape index (κ2) is 8.61. The van der Waals surface area contributed by atoms with Crippen molar-refractivity contribution in [2.75, 3.05) is 19.8 Å². The van der Waals surface area contributed by atoms with E-state index in [-0.39, 0.29) is 24.1 Å². The summed E-state index contributed by atoms with van der Waals surface area (Å²) >= 11 is 0. The lowest BCUT2D eigenvalue weighted by Crippen LogP contribution is -2.56. The average Bonchev–Trinajstić information content (AvgIpc) is 2.71. The van der Waals surface area contributed by atoms with Crippen molar-refractivity contribution in [2.45, 2.75) is 75.5 Å². The Morgan fingerprint density at radius 3 is 2.70 bits per heavy atom. The lowest BCUT2D eigenvalue weighted by molar-refractivity contribution is -0.138. The fraction of sp³-hybridized carbons (Fsp3) is 0.682. The number of rotatable bonds is 0. The van der Waals surface area contributed by atoms with E-state index in [1.807, 2.05) is 11.0 Å². The van der Waals surface area contributed by atoms with Crippen LogP contribution in [0.5, 0.6) is 5.75 Å². The minimum Gasteiger partial charge on any atom is -0.493 e. The Morgan fingerprint density at radius 2 is 1.85 bits per heavy atom. The molecular weight excluding hydrogens is 340 g/mol. The highest BCUT2D eigenvalue weighted by Gasteiger charge is 2.34. The van der Waals surface area contributed by atoms with E-state index >= 15 is 0 Å². The zero-order valence-corrected chi connectivity index (χ0v) is 16.1. The Kier molecular flexibility index (Phi) is 5.98. The maximum atomic E-state index is 12.8. The number of piperidine rings is 1. The van der Waals surface area contributed by atoms with Gasteiger partial charge in [0.05, 0.1) is 25.4 Å². The molecule has 2 atom stereocenters. The van der Waals surface area contributed by atoms with Crippen molar-refractivity contribution in [3.05, 3.63) is 29.8 Å². The van der Waals surface area contributed by atoms with Gasteiger partial charge in [0.25, 0.3) is 0 Å². The van der Waals surface area contributed by atoms with Crippen molar-refractivity contribution >= 4 is 5.91 Å². The van der Waals surface area contributed by atoms with Gasteiger partial charge in [-0.1, -0.05) is 18.2 Å². The van der Waals surface area contributed by atoms with Crippen LogP contribution in [-0.4, -0.2) is 48.8 Å². The van der Waals surface area contributed by atoms with Crippen LogP contribution < -0.4 is 10.5 Å². The zero-order valence-electron chi connectivity index (χ0n) is 16.1. The standard InChI is InChI=1S/C22H32N2O3/c23-19-6-3-13-24-20(19)15-27-17-11-9-16(10-12-17)18-5-1-2-7-21(18)26-14-4-8-22(24)25/h1-2,5,7,16-17,19-20H,3-4,6,8-15,23H2/t16?,17?,19-,20-/m0/s1. The molecule has 1 aromatic carbocycles. The summed E-state index contributed by atoms with van der Waals surface area (Å²) in [6.07, 6.45) is 7.88. The lowest BCUT2D eigenvalue weighted by Gasteiger charge is -2.40. The molecule has 1 amide bonds. The van der Waals surface area contributed by atoms with Crippen LogP contribution >= 0.6 is 0 Å². The van der Waals surface area contributed by atoms with Gasteiger partial charge in [-0.3, -0.25) is 4.79 Å². The van der Waals surface area contributed by atoms with Crippen LogP contribution in [0.1, 0.15) is 62.8 Å². The number of amides is 1. The normalized spacial score (nSPS) is 32.6. The Bertz CT molecular complexity index is 642. The molecule has 0 spiro atoms. The first-order valence-corrected chi connectivity index (χ1v) is 10.6. The number of nitrogens with zero attached hydrogens (tertiary/aromatic N) is 1. The van der Waals surface area contributed by atoms with Crippen molar-refractivity contribution in [3.63, 3.8) is 0 Å². The van der Waals surface area contributed by atoms with E-state index in [0.717, 1.165) is 57.2 Å². The van der Waals surface area contributed by atoms with Gasteiger partial charge in [0.1, 0.15) is 5.75 Å². The second-order valence-electron chi connectivity index (χ2n) is 8.26. The molecule has 1 aromatic rings. The van der Waals surface area contributed by atoms with Crippen LogP contribution in [0, 0.1) is 0 Å². The first-order valence-electron chi connectivity index (χ1n) is 10.6. The summed E-state index contributed by atoms with van der Waals surface area (Å²) in [6.45, 7) is 1.96. The molecule has 5 nitrogen and oxygen atoms in total. The third-order valence-electron chi connectivity index (χ3n) is 6.48. The molecule has 5 rings (SSSR count). The number of nitrogens with two attached hydrogens (primary N) is 1. The first-order chi connectivity index (χ1) is 13.2. The van der Waals surface area contributed by atoms with Crippen LogP contribution in [0.25, 0.3) is 0 Å². The summed E-state index contributed by atoms with van der Waals surface area (Å²) in [6, 6.07) is 8.44. The number of fused-ring (bicyclic) bond motifs is 7. The SMILES string of the molecule is N[C@H]1CCCN2C(=O)CCCOc3ccccc3C3CCC(CC3)OC[C@@H]12. The largest absolute Gasteiger partial charge is 0.493 e. The molecule has 0 unspecified atom stereocenters. The quantitative estimate of drug-likeness (QED) is 0.759. The van der Waals surface area contributed by atoms with Crippen LogP contribution in [0.15, 0.2) is 24.3 Å². The molecule has 3 heterocycles. The fourth-order valence-corrected chi connectivity index (χ4v) is 4.88. The predicted octanol–water partition coefficient (Wildman–Crippen LogP) is 3.22. The number of carbonyl (C=O) groups is 1. The van der Waals surface area contributed by atoms with Crippen molar-refractivity contribution in [1.29, 1.82) is 0 Å². The van der Waals surface area contributed by atoms with Crippen LogP contribution in [0.4, 0.5) is 0 Å². The summed E-state index contributed by atoms with van der Waals surface area (Å²) in [5.74, 6) is 1.72. The molecule has 2 N–H and O–H groups in total. The maximum Gasteiger partial charge on any atom is 0.223 e. The summed E-state index contributed by atoms with van der Waals surface area (Å²) in [5, 5.41) is 0. The molecule has 4 aliphatic rings. The average molecular weight is 373 g/mol. The number of ether oxygens (including phenoxy) is 2. The molecule has 2 fully saturated rings.